The maximum atomic E-state index is 4.64. The molecule has 1 unspecified atom stereocenters. The van der Waals surface area contributed by atoms with Gasteiger partial charge in [0.15, 0.2) is 6.20 Å². The van der Waals surface area contributed by atoms with Crippen LogP contribution in [0.4, 0.5) is 0 Å². The Morgan fingerprint density at radius 2 is 1.95 bits per heavy atom. The van der Waals surface area contributed by atoms with Gasteiger partial charge in [0, 0.05) is 11.8 Å². The van der Waals surface area contributed by atoms with Gasteiger partial charge < -0.3 is 0 Å². The van der Waals surface area contributed by atoms with E-state index in [9.17, 15) is 0 Å². The van der Waals surface area contributed by atoms with Crippen molar-refractivity contribution in [2.75, 3.05) is 7.05 Å². The second-order valence-corrected chi connectivity index (χ2v) is 5.11. The summed E-state index contributed by atoms with van der Waals surface area (Å²) in [5.74, 6) is 0. The Labute approximate surface area is 118 Å². The fourth-order valence-corrected chi connectivity index (χ4v) is 1.90. The van der Waals surface area contributed by atoms with Gasteiger partial charge in [0.25, 0.3) is 0 Å². The second-order valence-electron chi connectivity index (χ2n) is 5.11. The van der Waals surface area contributed by atoms with Crippen LogP contribution in [-0.2, 0) is 0 Å². The van der Waals surface area contributed by atoms with Crippen LogP contribution in [0.25, 0.3) is 0 Å². The third-order valence-corrected chi connectivity index (χ3v) is 2.97. The Bertz CT molecular complexity index is 450. The highest BCUT2D eigenvalue weighted by Gasteiger charge is 2.28. The molecule has 0 aromatic carbocycles. The SMILES string of the molecule is C=C/C=N/C(C)(CC)C(=C/[N+](=C)C)/C(C)=C/C(=C)C. The zero-order chi connectivity index (χ0) is 15.1. The summed E-state index contributed by atoms with van der Waals surface area (Å²) in [6, 6.07) is 0. The minimum absolute atomic E-state index is 0.282. The van der Waals surface area contributed by atoms with E-state index in [0.717, 1.165) is 23.1 Å². The zero-order valence-corrected chi connectivity index (χ0v) is 13.0. The molecule has 104 valence electrons. The van der Waals surface area contributed by atoms with Crippen molar-refractivity contribution in [2.24, 2.45) is 4.99 Å². The maximum absolute atomic E-state index is 4.64. The first-order chi connectivity index (χ1) is 8.76. The van der Waals surface area contributed by atoms with Crippen LogP contribution in [0, 0.1) is 0 Å². The van der Waals surface area contributed by atoms with E-state index < -0.39 is 0 Å². The topological polar surface area (TPSA) is 15.4 Å². The number of rotatable bonds is 7. The highest BCUT2D eigenvalue weighted by atomic mass is 14.9. The van der Waals surface area contributed by atoms with Crippen molar-refractivity contribution in [2.45, 2.75) is 39.7 Å². The van der Waals surface area contributed by atoms with Crippen LogP contribution in [-0.4, -0.2) is 30.1 Å². The minimum atomic E-state index is -0.282. The molecule has 19 heavy (non-hydrogen) atoms. The number of allylic oxidation sites excluding steroid dienone is 3. The number of aliphatic imine (C=N–C) groups is 1. The Balaban J connectivity index is 5.85. The number of hydrogen-bond acceptors (Lipinski definition) is 1. The lowest BCUT2D eigenvalue weighted by molar-refractivity contribution is -0.413. The van der Waals surface area contributed by atoms with E-state index in [1.54, 1.807) is 12.3 Å². The predicted molar refractivity (Wildman–Crippen MR) is 87.3 cm³/mol. The molecule has 2 heteroatoms. The van der Waals surface area contributed by atoms with Crippen LogP contribution >= 0.6 is 0 Å². The molecular weight excluding hydrogens is 232 g/mol. The highest BCUT2D eigenvalue weighted by molar-refractivity contribution is 5.71. The first-order valence-electron chi connectivity index (χ1n) is 6.53. The summed E-state index contributed by atoms with van der Waals surface area (Å²) in [5, 5.41) is 0. The lowest BCUT2D eigenvalue weighted by atomic mass is 9.85. The molecule has 0 saturated carbocycles. The third kappa shape index (κ3) is 5.64. The van der Waals surface area contributed by atoms with Crippen molar-refractivity contribution in [3.05, 3.63) is 48.2 Å². The van der Waals surface area contributed by atoms with Crippen molar-refractivity contribution in [3.8, 4) is 0 Å². The second kappa shape index (κ2) is 7.67. The Morgan fingerprint density at radius 3 is 2.32 bits per heavy atom. The normalized spacial score (nSPS) is 16.3. The predicted octanol–water partition coefficient (Wildman–Crippen LogP) is 4.16. The maximum Gasteiger partial charge on any atom is 0.173 e. The molecule has 0 fully saturated rings. The van der Waals surface area contributed by atoms with Crippen LogP contribution in [0.1, 0.15) is 34.1 Å². The van der Waals surface area contributed by atoms with Gasteiger partial charge in [0.2, 0.25) is 0 Å². The molecule has 2 nitrogen and oxygen atoms in total. The van der Waals surface area contributed by atoms with Crippen molar-refractivity contribution < 1.29 is 4.58 Å². The minimum Gasteiger partial charge on any atom is -0.282 e. The number of nitrogens with zero attached hydrogens (tertiary/aromatic N) is 2. The zero-order valence-electron chi connectivity index (χ0n) is 13.0. The molecule has 0 saturated heterocycles. The first kappa shape index (κ1) is 17.3. The average molecular weight is 259 g/mol. The van der Waals surface area contributed by atoms with Crippen LogP contribution < -0.4 is 0 Å². The van der Waals surface area contributed by atoms with Crippen LogP contribution in [0.3, 0.4) is 0 Å². The van der Waals surface area contributed by atoms with Gasteiger partial charge in [-0.3, -0.25) is 4.99 Å². The molecule has 0 heterocycles. The van der Waals surface area contributed by atoms with E-state index in [2.05, 4.69) is 51.7 Å². The lowest BCUT2D eigenvalue weighted by Crippen LogP contribution is -2.26. The summed E-state index contributed by atoms with van der Waals surface area (Å²) >= 11 is 0. The molecule has 0 aliphatic rings. The van der Waals surface area contributed by atoms with Crippen molar-refractivity contribution in [3.63, 3.8) is 0 Å². The van der Waals surface area contributed by atoms with Gasteiger partial charge in [-0.25, -0.2) is 4.58 Å². The van der Waals surface area contributed by atoms with E-state index in [0.29, 0.717) is 0 Å². The quantitative estimate of drug-likeness (QED) is 0.370. The van der Waals surface area contributed by atoms with Crippen molar-refractivity contribution in [1.82, 2.24) is 0 Å². The molecule has 0 amide bonds. The van der Waals surface area contributed by atoms with Crippen LogP contribution in [0.2, 0.25) is 0 Å². The monoisotopic (exact) mass is 259 g/mol. The summed E-state index contributed by atoms with van der Waals surface area (Å²) in [4.78, 5) is 4.64. The molecule has 0 aromatic heterocycles. The fraction of sp³-hybridized carbons (Fsp3) is 0.412. The summed E-state index contributed by atoms with van der Waals surface area (Å²) < 4.78 is 1.81. The van der Waals surface area contributed by atoms with E-state index in [1.807, 2.05) is 24.7 Å². The van der Waals surface area contributed by atoms with Crippen molar-refractivity contribution in [1.29, 1.82) is 0 Å². The van der Waals surface area contributed by atoms with E-state index in [1.165, 1.54) is 0 Å². The standard InChI is InChI=1S/C17H27N2/c1-9-11-18-17(6,10-2)16(13-19(7)8)15(5)12-14(3)4/h9,11-13H,1,3,7,10H2,2,4-6,8H3/q+1/b15-12+,16-13+,18-11+. The van der Waals surface area contributed by atoms with Crippen LogP contribution in [0.15, 0.2) is 53.2 Å². The van der Waals surface area contributed by atoms with Crippen molar-refractivity contribution >= 4 is 12.9 Å². The van der Waals surface area contributed by atoms with E-state index in [4.69, 9.17) is 0 Å². The fourth-order valence-electron chi connectivity index (χ4n) is 1.90. The van der Waals surface area contributed by atoms with E-state index in [-0.39, 0.29) is 5.54 Å². The highest BCUT2D eigenvalue weighted by Crippen LogP contribution is 2.31. The molecule has 0 spiro atoms. The van der Waals surface area contributed by atoms with Gasteiger partial charge in [0.05, 0.1) is 5.54 Å². The summed E-state index contributed by atoms with van der Waals surface area (Å²) in [6.45, 7) is 19.9. The van der Waals surface area contributed by atoms with Gasteiger partial charge in [-0.2, -0.15) is 0 Å². The third-order valence-electron chi connectivity index (χ3n) is 2.97. The van der Waals surface area contributed by atoms with Gasteiger partial charge in [-0.05, 0) is 32.8 Å². The molecule has 1 atom stereocenters. The molecule has 0 aliphatic heterocycles. The van der Waals surface area contributed by atoms with E-state index >= 15 is 0 Å². The van der Waals surface area contributed by atoms with Gasteiger partial charge in [-0.15, -0.1) is 0 Å². The Kier molecular flexibility index (Phi) is 6.99. The Morgan fingerprint density at radius 1 is 1.37 bits per heavy atom. The smallest absolute Gasteiger partial charge is 0.173 e. The molecule has 0 rings (SSSR count). The summed E-state index contributed by atoms with van der Waals surface area (Å²) in [7, 11) is 1.92. The summed E-state index contributed by atoms with van der Waals surface area (Å²) in [5.41, 5.74) is 3.05. The first-order valence-corrected chi connectivity index (χ1v) is 6.53. The molecular formula is C17H27N2+. The summed E-state index contributed by atoms with van der Waals surface area (Å²) in [6.07, 6.45) is 8.47. The largest absolute Gasteiger partial charge is 0.282 e. The lowest BCUT2D eigenvalue weighted by Gasteiger charge is -2.26. The molecule has 0 N–H and O–H groups in total. The number of hydrogen-bond donors (Lipinski definition) is 0. The molecule has 0 aromatic rings. The molecule has 0 bridgehead atoms. The van der Waals surface area contributed by atoms with Gasteiger partial charge in [0.1, 0.15) is 13.8 Å². The van der Waals surface area contributed by atoms with Gasteiger partial charge >= 0.3 is 0 Å². The average Bonchev–Trinajstić information content (AvgIpc) is 2.31. The van der Waals surface area contributed by atoms with Gasteiger partial charge in [-0.1, -0.05) is 37.8 Å². The van der Waals surface area contributed by atoms with Crippen LogP contribution in [0.5, 0.6) is 0 Å². The molecule has 0 radical (unpaired) electrons. The molecule has 0 aliphatic carbocycles. The Hall–Kier alpha value is -1.70.